The van der Waals surface area contributed by atoms with Crippen molar-refractivity contribution >= 4 is 17.5 Å². The van der Waals surface area contributed by atoms with Crippen LogP contribution in [0.1, 0.15) is 18.4 Å². The van der Waals surface area contributed by atoms with E-state index < -0.39 is 5.82 Å². The van der Waals surface area contributed by atoms with Gasteiger partial charge in [0.05, 0.1) is 20.1 Å². The molecule has 4 nitrogen and oxygen atoms in total. The molecule has 6 heteroatoms. The molecule has 0 unspecified atom stereocenters. The third kappa shape index (κ3) is 6.63. The molecule has 1 amide bonds. The van der Waals surface area contributed by atoms with E-state index in [1.54, 1.807) is 18.2 Å². The van der Waals surface area contributed by atoms with Crippen molar-refractivity contribution in [3.8, 4) is 11.5 Å². The van der Waals surface area contributed by atoms with Crippen molar-refractivity contribution in [2.75, 3.05) is 20.3 Å². The number of unbranched alkanes of at least 4 members (excludes halogenated alkanes) is 1. The van der Waals surface area contributed by atoms with Gasteiger partial charge < -0.3 is 14.8 Å². The van der Waals surface area contributed by atoms with Crippen LogP contribution < -0.4 is 14.8 Å². The van der Waals surface area contributed by atoms with Gasteiger partial charge >= 0.3 is 0 Å². The first-order valence-electron chi connectivity index (χ1n) is 8.06. The van der Waals surface area contributed by atoms with E-state index in [1.807, 2.05) is 12.1 Å². The van der Waals surface area contributed by atoms with Crippen LogP contribution in [0.4, 0.5) is 4.39 Å². The van der Waals surface area contributed by atoms with Gasteiger partial charge in [0, 0.05) is 11.6 Å². The van der Waals surface area contributed by atoms with Gasteiger partial charge in [-0.25, -0.2) is 4.39 Å². The summed E-state index contributed by atoms with van der Waals surface area (Å²) in [6.45, 7) is 1.13. The third-order valence-corrected chi connectivity index (χ3v) is 3.81. The van der Waals surface area contributed by atoms with Gasteiger partial charge in [-0.2, -0.15) is 0 Å². The number of methoxy groups -OCH3 is 1. The lowest BCUT2D eigenvalue weighted by molar-refractivity contribution is -0.120. The monoisotopic (exact) mass is 365 g/mol. The summed E-state index contributed by atoms with van der Waals surface area (Å²) < 4.78 is 24.0. The summed E-state index contributed by atoms with van der Waals surface area (Å²) in [5.74, 6) is 0.343. The Morgan fingerprint density at radius 2 is 1.92 bits per heavy atom. The highest BCUT2D eigenvalue weighted by Crippen LogP contribution is 2.18. The highest BCUT2D eigenvalue weighted by molar-refractivity contribution is 6.30. The molecule has 0 aliphatic carbocycles. The molecule has 0 heterocycles. The Kier molecular flexibility index (Phi) is 7.54. The summed E-state index contributed by atoms with van der Waals surface area (Å²) in [6, 6.07) is 11.7. The summed E-state index contributed by atoms with van der Waals surface area (Å²) >= 11 is 5.80. The van der Waals surface area contributed by atoms with Gasteiger partial charge in [-0.15, -0.1) is 0 Å². The topological polar surface area (TPSA) is 47.6 Å². The number of nitrogens with one attached hydrogen (secondary N) is 1. The second-order valence-corrected chi connectivity index (χ2v) is 5.94. The molecule has 2 rings (SSSR count). The zero-order valence-corrected chi connectivity index (χ0v) is 14.8. The average Bonchev–Trinajstić information content (AvgIpc) is 2.59. The van der Waals surface area contributed by atoms with E-state index >= 15 is 0 Å². The maximum absolute atomic E-state index is 13.6. The van der Waals surface area contributed by atoms with Gasteiger partial charge in [0.15, 0.2) is 11.6 Å². The van der Waals surface area contributed by atoms with Crippen LogP contribution in [0.25, 0.3) is 0 Å². The van der Waals surface area contributed by atoms with Gasteiger partial charge in [-0.3, -0.25) is 4.79 Å². The van der Waals surface area contributed by atoms with E-state index in [2.05, 4.69) is 5.32 Å². The predicted octanol–water partition coefficient (Wildman–Crippen LogP) is 4.01. The molecule has 25 heavy (non-hydrogen) atoms. The molecule has 1 N–H and O–H groups in total. The Hall–Kier alpha value is -2.27. The van der Waals surface area contributed by atoms with Gasteiger partial charge in [-0.1, -0.05) is 17.7 Å². The maximum Gasteiger partial charge on any atom is 0.224 e. The number of carbonyl (C=O) groups excluding carboxylic acids is 1. The Morgan fingerprint density at radius 1 is 1.16 bits per heavy atom. The Labute approximate surface area is 151 Å². The van der Waals surface area contributed by atoms with E-state index in [0.29, 0.717) is 23.7 Å². The minimum atomic E-state index is -0.466. The van der Waals surface area contributed by atoms with Crippen molar-refractivity contribution in [2.24, 2.45) is 0 Å². The fourth-order valence-electron chi connectivity index (χ4n) is 2.24. The van der Waals surface area contributed by atoms with E-state index in [0.717, 1.165) is 18.6 Å². The summed E-state index contributed by atoms with van der Waals surface area (Å²) in [5, 5.41) is 3.49. The van der Waals surface area contributed by atoms with Crippen LogP contribution in [0.5, 0.6) is 11.5 Å². The Bertz CT molecular complexity index is 692. The van der Waals surface area contributed by atoms with Crippen LogP contribution in [-0.4, -0.2) is 26.2 Å². The molecule has 0 fully saturated rings. The molecule has 134 valence electrons. The second-order valence-electron chi connectivity index (χ2n) is 5.51. The minimum absolute atomic E-state index is 0.136. The zero-order chi connectivity index (χ0) is 18.1. The van der Waals surface area contributed by atoms with Crippen molar-refractivity contribution in [2.45, 2.75) is 19.3 Å². The van der Waals surface area contributed by atoms with Crippen LogP contribution >= 0.6 is 11.6 Å². The van der Waals surface area contributed by atoms with Crippen molar-refractivity contribution < 1.29 is 18.7 Å². The third-order valence-electron chi connectivity index (χ3n) is 3.56. The number of carbonyl (C=O) groups is 1. The molecule has 0 aromatic heterocycles. The van der Waals surface area contributed by atoms with Crippen LogP contribution in [0, 0.1) is 5.82 Å². The second kappa shape index (κ2) is 9.89. The SMILES string of the molecule is COc1ccc(CC(=O)NCCCCOc2ccc(Cl)cc2)cc1F. The number of amides is 1. The van der Waals surface area contributed by atoms with Crippen molar-refractivity contribution in [1.29, 1.82) is 0 Å². The smallest absolute Gasteiger partial charge is 0.224 e. The first-order chi connectivity index (χ1) is 12.1. The fourth-order valence-corrected chi connectivity index (χ4v) is 2.37. The van der Waals surface area contributed by atoms with E-state index in [1.165, 1.54) is 19.2 Å². The molecule has 0 aliphatic heterocycles. The van der Waals surface area contributed by atoms with Crippen LogP contribution in [0.3, 0.4) is 0 Å². The first-order valence-corrected chi connectivity index (χ1v) is 8.44. The molecule has 0 atom stereocenters. The number of halogens is 2. The van der Waals surface area contributed by atoms with E-state index in [-0.39, 0.29) is 18.1 Å². The van der Waals surface area contributed by atoms with E-state index in [9.17, 15) is 9.18 Å². The van der Waals surface area contributed by atoms with E-state index in [4.69, 9.17) is 21.1 Å². The Balaban J connectivity index is 1.60. The van der Waals surface area contributed by atoms with Gasteiger partial charge in [0.2, 0.25) is 5.91 Å². The normalized spacial score (nSPS) is 10.4. The Morgan fingerprint density at radius 3 is 2.60 bits per heavy atom. The van der Waals surface area contributed by atoms with Gasteiger partial charge in [0.25, 0.3) is 0 Å². The number of hydrogen-bond acceptors (Lipinski definition) is 3. The number of benzene rings is 2. The number of rotatable bonds is 9. The van der Waals surface area contributed by atoms with Crippen LogP contribution in [0.15, 0.2) is 42.5 Å². The lowest BCUT2D eigenvalue weighted by Crippen LogP contribution is -2.26. The summed E-state index contributed by atoms with van der Waals surface area (Å²) in [5.41, 5.74) is 0.613. The average molecular weight is 366 g/mol. The van der Waals surface area contributed by atoms with Crippen LogP contribution in [-0.2, 0) is 11.2 Å². The molecule has 0 aliphatic rings. The maximum atomic E-state index is 13.6. The highest BCUT2D eigenvalue weighted by Gasteiger charge is 2.07. The standard InChI is InChI=1S/C19H21ClFNO3/c1-24-18-9-4-14(12-17(18)21)13-19(23)22-10-2-3-11-25-16-7-5-15(20)6-8-16/h4-9,12H,2-3,10-11,13H2,1H3,(H,22,23). The molecule has 2 aromatic rings. The molecular formula is C19H21ClFNO3. The quantitative estimate of drug-likeness (QED) is 0.683. The summed E-state index contributed by atoms with van der Waals surface area (Å²) in [6.07, 6.45) is 1.76. The molecule has 0 saturated heterocycles. The summed E-state index contributed by atoms with van der Waals surface area (Å²) in [4.78, 5) is 11.9. The lowest BCUT2D eigenvalue weighted by Gasteiger charge is -2.08. The lowest BCUT2D eigenvalue weighted by atomic mass is 10.1. The zero-order valence-electron chi connectivity index (χ0n) is 14.1. The number of hydrogen-bond donors (Lipinski definition) is 1. The molecule has 0 spiro atoms. The molecule has 0 saturated carbocycles. The first kappa shape index (κ1) is 19.1. The van der Waals surface area contributed by atoms with Crippen molar-refractivity contribution in [1.82, 2.24) is 5.32 Å². The summed E-state index contributed by atoms with van der Waals surface area (Å²) in [7, 11) is 1.40. The number of ether oxygens (including phenoxy) is 2. The van der Waals surface area contributed by atoms with Gasteiger partial charge in [0.1, 0.15) is 5.75 Å². The van der Waals surface area contributed by atoms with Crippen molar-refractivity contribution in [3.63, 3.8) is 0 Å². The van der Waals surface area contributed by atoms with Crippen molar-refractivity contribution in [3.05, 3.63) is 58.9 Å². The predicted molar refractivity (Wildman–Crippen MR) is 95.8 cm³/mol. The minimum Gasteiger partial charge on any atom is -0.494 e. The molecule has 0 radical (unpaired) electrons. The fraction of sp³-hybridized carbons (Fsp3) is 0.316. The highest BCUT2D eigenvalue weighted by atomic mass is 35.5. The molecule has 0 bridgehead atoms. The van der Waals surface area contributed by atoms with Crippen LogP contribution in [0.2, 0.25) is 5.02 Å². The van der Waals surface area contributed by atoms with Gasteiger partial charge in [-0.05, 0) is 54.8 Å². The molecular weight excluding hydrogens is 345 g/mol. The molecule has 2 aromatic carbocycles. The largest absolute Gasteiger partial charge is 0.494 e.